The van der Waals surface area contributed by atoms with E-state index in [0.29, 0.717) is 12.1 Å². The topological polar surface area (TPSA) is 61.4 Å². The third-order valence-corrected chi connectivity index (χ3v) is 4.98. The van der Waals surface area contributed by atoms with Gasteiger partial charge in [-0.1, -0.05) is 24.3 Å². The minimum absolute atomic E-state index is 0.0389. The predicted octanol–water partition coefficient (Wildman–Crippen LogP) is 2.99. The summed E-state index contributed by atoms with van der Waals surface area (Å²) in [6, 6.07) is 7.17. The van der Waals surface area contributed by atoms with Crippen LogP contribution in [0.5, 0.6) is 0 Å². The third-order valence-electron chi connectivity index (χ3n) is 4.98. The van der Waals surface area contributed by atoms with Gasteiger partial charge in [-0.05, 0) is 23.8 Å². The second-order valence-electron chi connectivity index (χ2n) is 7.16. The summed E-state index contributed by atoms with van der Waals surface area (Å²) in [5.41, 5.74) is -0.749. The maximum Gasteiger partial charge on any atom is 0.416 e. The van der Waals surface area contributed by atoms with Gasteiger partial charge in [0.05, 0.1) is 18.0 Å². The van der Waals surface area contributed by atoms with Gasteiger partial charge in [-0.2, -0.15) is 13.2 Å². The van der Waals surface area contributed by atoms with E-state index in [9.17, 15) is 31.5 Å². The van der Waals surface area contributed by atoms with Gasteiger partial charge in [0.2, 0.25) is 11.8 Å². The van der Waals surface area contributed by atoms with E-state index in [1.165, 1.54) is 18.2 Å². The van der Waals surface area contributed by atoms with Crippen LogP contribution < -0.4 is 10.6 Å². The molecule has 166 valence electrons. The maximum atomic E-state index is 13.7. The molecule has 1 atom stereocenters. The zero-order valence-corrected chi connectivity index (χ0v) is 16.3. The first-order valence-electron chi connectivity index (χ1n) is 9.52. The van der Waals surface area contributed by atoms with E-state index >= 15 is 0 Å². The Balaban J connectivity index is 1.67. The van der Waals surface area contributed by atoms with Gasteiger partial charge in [-0.15, -0.1) is 0 Å². The van der Waals surface area contributed by atoms with E-state index in [1.54, 1.807) is 4.90 Å². The average Bonchev–Trinajstić information content (AvgIpc) is 2.70. The summed E-state index contributed by atoms with van der Waals surface area (Å²) >= 11 is 0. The van der Waals surface area contributed by atoms with Crippen molar-refractivity contribution >= 4 is 11.8 Å². The Bertz CT molecular complexity index is 944. The smallest absolute Gasteiger partial charge is 0.353 e. The van der Waals surface area contributed by atoms with Gasteiger partial charge < -0.3 is 10.6 Å². The minimum atomic E-state index is -4.49. The number of halogens is 5. The van der Waals surface area contributed by atoms with Crippen molar-refractivity contribution in [2.75, 3.05) is 13.1 Å². The third kappa shape index (κ3) is 5.78. The molecule has 2 N–H and O–H groups in total. The van der Waals surface area contributed by atoms with Crippen LogP contribution in [0, 0.1) is 11.6 Å². The summed E-state index contributed by atoms with van der Waals surface area (Å²) in [5, 5.41) is 5.01. The van der Waals surface area contributed by atoms with Gasteiger partial charge in [0.15, 0.2) is 0 Å². The van der Waals surface area contributed by atoms with Gasteiger partial charge in [-0.25, -0.2) is 8.78 Å². The van der Waals surface area contributed by atoms with Crippen LogP contribution in [0.25, 0.3) is 0 Å². The first-order valence-corrected chi connectivity index (χ1v) is 9.52. The number of carbonyl (C=O) groups is 2. The molecule has 31 heavy (non-hydrogen) atoms. The van der Waals surface area contributed by atoms with Crippen molar-refractivity contribution < 1.29 is 31.5 Å². The van der Waals surface area contributed by atoms with Crippen LogP contribution in [0.1, 0.15) is 23.1 Å². The lowest BCUT2D eigenvalue weighted by Gasteiger charge is -2.34. The minimum Gasteiger partial charge on any atom is -0.353 e. The number of amides is 2. The van der Waals surface area contributed by atoms with E-state index in [4.69, 9.17) is 0 Å². The Labute approximate surface area is 175 Å². The summed E-state index contributed by atoms with van der Waals surface area (Å²) in [6.07, 6.45) is -4.79. The molecule has 1 heterocycles. The molecule has 0 bridgehead atoms. The van der Waals surface area contributed by atoms with Gasteiger partial charge in [0, 0.05) is 31.7 Å². The van der Waals surface area contributed by atoms with Crippen molar-refractivity contribution in [3.63, 3.8) is 0 Å². The molecular weight excluding hydrogens is 421 g/mol. The van der Waals surface area contributed by atoms with Gasteiger partial charge in [-0.3, -0.25) is 14.5 Å². The largest absolute Gasteiger partial charge is 0.416 e. The molecule has 0 aromatic heterocycles. The zero-order chi connectivity index (χ0) is 22.6. The molecule has 0 saturated carbocycles. The number of nitrogens with one attached hydrogen (secondary N) is 2. The Hall–Kier alpha value is -3.01. The van der Waals surface area contributed by atoms with Gasteiger partial charge in [0.25, 0.3) is 0 Å². The van der Waals surface area contributed by atoms with Gasteiger partial charge >= 0.3 is 6.18 Å². The molecule has 0 spiro atoms. The SMILES string of the molecule is O=C(CC1C(=O)NCCN1Cc1cccc(C(F)(F)F)c1)NCc1c(F)cccc1F. The first-order chi connectivity index (χ1) is 14.6. The molecule has 2 aromatic rings. The summed E-state index contributed by atoms with van der Waals surface area (Å²) in [4.78, 5) is 26.2. The summed E-state index contributed by atoms with van der Waals surface area (Å²) < 4.78 is 66.3. The van der Waals surface area contributed by atoms with E-state index in [1.807, 2.05) is 0 Å². The monoisotopic (exact) mass is 441 g/mol. The second-order valence-corrected chi connectivity index (χ2v) is 7.16. The first kappa shape index (κ1) is 22.7. The zero-order valence-electron chi connectivity index (χ0n) is 16.3. The molecular formula is C21H20F5N3O2. The van der Waals surface area contributed by atoms with Crippen LogP contribution in [0.2, 0.25) is 0 Å². The molecule has 5 nitrogen and oxygen atoms in total. The molecule has 1 aliphatic heterocycles. The fourth-order valence-corrected chi connectivity index (χ4v) is 3.39. The molecule has 2 amide bonds. The number of alkyl halides is 3. The lowest BCUT2D eigenvalue weighted by molar-refractivity contribution is -0.137. The Morgan fingerprint density at radius 2 is 1.81 bits per heavy atom. The summed E-state index contributed by atoms with van der Waals surface area (Å²) in [5.74, 6) is -2.66. The number of benzene rings is 2. The molecule has 0 aliphatic carbocycles. The number of piperazine rings is 1. The van der Waals surface area contributed by atoms with Crippen molar-refractivity contribution in [1.29, 1.82) is 0 Å². The molecule has 10 heteroatoms. The normalized spacial score (nSPS) is 17.3. The van der Waals surface area contributed by atoms with E-state index < -0.39 is 41.2 Å². The number of carbonyl (C=O) groups excluding carboxylic acids is 2. The van der Waals surface area contributed by atoms with Crippen LogP contribution in [0.15, 0.2) is 42.5 Å². The Morgan fingerprint density at radius 3 is 2.48 bits per heavy atom. The quantitative estimate of drug-likeness (QED) is 0.678. The van der Waals surface area contributed by atoms with Crippen molar-refractivity contribution in [2.24, 2.45) is 0 Å². The van der Waals surface area contributed by atoms with Crippen molar-refractivity contribution in [1.82, 2.24) is 15.5 Å². The lowest BCUT2D eigenvalue weighted by atomic mass is 10.0. The molecule has 0 radical (unpaired) electrons. The van der Waals surface area contributed by atoms with E-state index in [0.717, 1.165) is 24.3 Å². The van der Waals surface area contributed by atoms with Crippen LogP contribution in [-0.2, 0) is 28.9 Å². The molecule has 3 rings (SSSR count). The highest BCUT2D eigenvalue weighted by molar-refractivity contribution is 5.88. The fraction of sp³-hybridized carbons (Fsp3) is 0.333. The number of nitrogens with zero attached hydrogens (tertiary/aromatic N) is 1. The van der Waals surface area contributed by atoms with Crippen LogP contribution in [-0.4, -0.2) is 35.8 Å². The fourth-order valence-electron chi connectivity index (χ4n) is 3.39. The summed E-state index contributed by atoms with van der Waals surface area (Å²) in [7, 11) is 0. The second kappa shape index (κ2) is 9.42. The van der Waals surface area contributed by atoms with Crippen molar-refractivity contribution in [3.8, 4) is 0 Å². The van der Waals surface area contributed by atoms with Gasteiger partial charge in [0.1, 0.15) is 11.6 Å². The average molecular weight is 441 g/mol. The number of hydrogen-bond acceptors (Lipinski definition) is 3. The van der Waals surface area contributed by atoms with Crippen molar-refractivity contribution in [2.45, 2.75) is 31.7 Å². The van der Waals surface area contributed by atoms with E-state index in [-0.39, 0.29) is 31.6 Å². The highest BCUT2D eigenvalue weighted by atomic mass is 19.4. The maximum absolute atomic E-state index is 13.7. The van der Waals surface area contributed by atoms with Crippen LogP contribution >= 0.6 is 0 Å². The summed E-state index contributed by atoms with van der Waals surface area (Å²) in [6.45, 7) is 0.273. The lowest BCUT2D eigenvalue weighted by Crippen LogP contribution is -2.56. The highest BCUT2D eigenvalue weighted by Gasteiger charge is 2.33. The molecule has 1 saturated heterocycles. The van der Waals surface area contributed by atoms with E-state index in [2.05, 4.69) is 10.6 Å². The predicted molar refractivity (Wildman–Crippen MR) is 101 cm³/mol. The number of rotatable bonds is 6. The molecule has 2 aromatic carbocycles. The van der Waals surface area contributed by atoms with Crippen LogP contribution in [0.4, 0.5) is 22.0 Å². The molecule has 1 fully saturated rings. The Morgan fingerprint density at radius 1 is 1.13 bits per heavy atom. The van der Waals surface area contributed by atoms with Crippen LogP contribution in [0.3, 0.4) is 0 Å². The molecule has 1 aliphatic rings. The van der Waals surface area contributed by atoms with Crippen molar-refractivity contribution in [3.05, 3.63) is 70.8 Å². The number of hydrogen-bond donors (Lipinski definition) is 2. The standard InChI is InChI=1S/C21H20F5N3O2/c22-16-5-2-6-17(23)15(16)11-28-19(30)10-18-20(31)27-7-8-29(18)12-13-3-1-4-14(9-13)21(24,25)26/h1-6,9,18H,7-8,10-12H2,(H,27,31)(H,28,30). The highest BCUT2D eigenvalue weighted by Crippen LogP contribution is 2.30. The molecule has 1 unspecified atom stereocenters. The Kier molecular flexibility index (Phi) is 6.89.